The number of hydrogen-bond acceptors (Lipinski definition) is 4. The molecule has 1 fully saturated rings. The Hall–Kier alpha value is -1.62. The highest BCUT2D eigenvalue weighted by Crippen LogP contribution is 2.29. The van der Waals surface area contributed by atoms with Crippen molar-refractivity contribution in [3.63, 3.8) is 0 Å². The first kappa shape index (κ1) is 13.4. The van der Waals surface area contributed by atoms with Gasteiger partial charge in [-0.25, -0.2) is 9.78 Å². The Labute approximate surface area is 118 Å². The fraction of sp³-hybridized carbons (Fsp3) is 0.600. The van der Waals surface area contributed by atoms with Gasteiger partial charge in [-0.1, -0.05) is 0 Å². The Morgan fingerprint density at radius 2 is 2.25 bits per heavy atom. The van der Waals surface area contributed by atoms with E-state index < -0.39 is 5.97 Å². The van der Waals surface area contributed by atoms with E-state index in [1.165, 1.54) is 0 Å². The van der Waals surface area contributed by atoms with Crippen LogP contribution in [-0.2, 0) is 17.6 Å². The van der Waals surface area contributed by atoms with Crippen molar-refractivity contribution in [3.8, 4) is 0 Å². The fourth-order valence-corrected chi connectivity index (χ4v) is 3.29. The minimum atomic E-state index is -0.915. The Morgan fingerprint density at radius 3 is 3.00 bits per heavy atom. The molecule has 108 valence electrons. The lowest BCUT2D eigenvalue weighted by Crippen LogP contribution is -2.31. The van der Waals surface area contributed by atoms with Crippen LogP contribution in [-0.4, -0.2) is 35.3 Å². The van der Waals surface area contributed by atoms with Gasteiger partial charge in [0.25, 0.3) is 0 Å². The number of pyridine rings is 1. The average molecular weight is 276 g/mol. The predicted octanol–water partition coefficient (Wildman–Crippen LogP) is 2.25. The lowest BCUT2D eigenvalue weighted by molar-refractivity contribution is 0.0696. The van der Waals surface area contributed by atoms with Crippen molar-refractivity contribution in [2.45, 2.75) is 50.7 Å². The van der Waals surface area contributed by atoms with Gasteiger partial charge in [0.1, 0.15) is 11.4 Å². The number of hydrogen-bond donors (Lipinski definition) is 2. The Morgan fingerprint density at radius 1 is 1.40 bits per heavy atom. The van der Waals surface area contributed by atoms with Gasteiger partial charge in [-0.05, 0) is 50.2 Å². The summed E-state index contributed by atoms with van der Waals surface area (Å²) < 4.78 is 5.45. The molecule has 0 amide bonds. The van der Waals surface area contributed by atoms with Crippen LogP contribution in [0.2, 0.25) is 0 Å². The molecule has 0 bridgehead atoms. The van der Waals surface area contributed by atoms with E-state index in [1.54, 1.807) is 13.2 Å². The number of carbonyl (C=O) groups is 1. The molecule has 0 radical (unpaired) electrons. The highest BCUT2D eigenvalue weighted by Gasteiger charge is 2.29. The zero-order valence-corrected chi connectivity index (χ0v) is 11.7. The summed E-state index contributed by atoms with van der Waals surface area (Å²) in [5.41, 5.74) is 2.42. The van der Waals surface area contributed by atoms with Crippen LogP contribution in [0, 0.1) is 0 Å². The van der Waals surface area contributed by atoms with E-state index >= 15 is 0 Å². The molecule has 0 aliphatic heterocycles. The number of nitrogens with zero attached hydrogens (tertiary/aromatic N) is 1. The summed E-state index contributed by atoms with van der Waals surface area (Å²) in [5.74, 6) is -0.409. The highest BCUT2D eigenvalue weighted by atomic mass is 16.5. The second-order valence-electron chi connectivity index (χ2n) is 5.60. The van der Waals surface area contributed by atoms with E-state index in [2.05, 4.69) is 10.3 Å². The molecule has 2 aliphatic rings. The quantitative estimate of drug-likeness (QED) is 0.882. The number of aromatic carboxylic acids is 1. The molecule has 5 nitrogen and oxygen atoms in total. The summed E-state index contributed by atoms with van der Waals surface area (Å²) in [4.78, 5) is 16.0. The number of carboxylic acids is 1. The van der Waals surface area contributed by atoms with E-state index in [-0.39, 0.29) is 17.7 Å². The molecule has 2 N–H and O–H groups in total. The van der Waals surface area contributed by atoms with Crippen LogP contribution in [0.5, 0.6) is 0 Å². The topological polar surface area (TPSA) is 71.5 Å². The maximum atomic E-state index is 11.4. The van der Waals surface area contributed by atoms with Gasteiger partial charge < -0.3 is 15.2 Å². The normalized spacial score (nSPS) is 24.6. The number of nitrogens with one attached hydrogen (secondary N) is 1. The highest BCUT2D eigenvalue weighted by molar-refractivity contribution is 5.93. The molecule has 2 aliphatic carbocycles. The number of aromatic nitrogens is 1. The first-order valence-electron chi connectivity index (χ1n) is 7.24. The number of ether oxygens (including phenoxy) is 1. The summed E-state index contributed by atoms with van der Waals surface area (Å²) in [6, 6.07) is 1.95. The van der Waals surface area contributed by atoms with Gasteiger partial charge >= 0.3 is 5.97 Å². The molecule has 0 aromatic carbocycles. The summed E-state index contributed by atoms with van der Waals surface area (Å²) >= 11 is 0. The number of fused-ring (bicyclic) bond motifs is 1. The average Bonchev–Trinajstić information content (AvgIpc) is 3.05. The smallest absolute Gasteiger partial charge is 0.339 e. The zero-order chi connectivity index (χ0) is 14.1. The molecular formula is C15H20N2O3. The predicted molar refractivity (Wildman–Crippen MR) is 75.3 cm³/mol. The monoisotopic (exact) mass is 276 g/mol. The number of anilines is 1. The molecule has 0 spiro atoms. The van der Waals surface area contributed by atoms with Crippen molar-refractivity contribution in [1.29, 1.82) is 0 Å². The maximum Gasteiger partial charge on any atom is 0.339 e. The van der Waals surface area contributed by atoms with Crippen molar-refractivity contribution in [3.05, 3.63) is 22.9 Å². The van der Waals surface area contributed by atoms with Gasteiger partial charge in [-0.3, -0.25) is 0 Å². The Bertz CT molecular complexity index is 530. The van der Waals surface area contributed by atoms with Crippen molar-refractivity contribution in [2.75, 3.05) is 12.4 Å². The lowest BCUT2D eigenvalue weighted by atomic mass is 10.1. The van der Waals surface area contributed by atoms with E-state index in [9.17, 15) is 9.90 Å². The second-order valence-corrected chi connectivity index (χ2v) is 5.60. The molecule has 1 aromatic heterocycles. The van der Waals surface area contributed by atoms with Crippen LogP contribution >= 0.6 is 0 Å². The van der Waals surface area contributed by atoms with Crippen LogP contribution in [0.4, 0.5) is 5.82 Å². The number of rotatable bonds is 4. The first-order valence-corrected chi connectivity index (χ1v) is 7.24. The summed E-state index contributed by atoms with van der Waals surface area (Å²) in [7, 11) is 1.71. The van der Waals surface area contributed by atoms with E-state index in [0.717, 1.165) is 49.8 Å². The van der Waals surface area contributed by atoms with Crippen molar-refractivity contribution < 1.29 is 14.6 Å². The Balaban J connectivity index is 1.90. The molecular weight excluding hydrogens is 256 g/mol. The standard InChI is InChI=1S/C15H20N2O3/c1-20-13-7-3-6-12(13)17-14-10(15(18)19)8-9-4-2-5-11(9)16-14/h8,12-13H,2-7H2,1H3,(H,16,17)(H,18,19). The Kier molecular flexibility index (Phi) is 3.61. The van der Waals surface area contributed by atoms with Crippen molar-refractivity contribution >= 4 is 11.8 Å². The van der Waals surface area contributed by atoms with Crippen molar-refractivity contribution in [2.24, 2.45) is 0 Å². The van der Waals surface area contributed by atoms with E-state index in [1.807, 2.05) is 0 Å². The van der Waals surface area contributed by atoms with Gasteiger partial charge in [0.15, 0.2) is 0 Å². The van der Waals surface area contributed by atoms with Crippen LogP contribution < -0.4 is 5.32 Å². The molecule has 1 saturated carbocycles. The van der Waals surface area contributed by atoms with Crippen molar-refractivity contribution in [1.82, 2.24) is 4.98 Å². The maximum absolute atomic E-state index is 11.4. The van der Waals surface area contributed by atoms with Gasteiger partial charge in [0.05, 0.1) is 12.1 Å². The largest absolute Gasteiger partial charge is 0.478 e. The van der Waals surface area contributed by atoms with E-state index in [4.69, 9.17) is 4.74 Å². The third kappa shape index (κ3) is 2.38. The molecule has 20 heavy (non-hydrogen) atoms. The fourth-order valence-electron chi connectivity index (χ4n) is 3.29. The molecule has 1 heterocycles. The minimum Gasteiger partial charge on any atom is -0.478 e. The minimum absolute atomic E-state index is 0.145. The van der Waals surface area contributed by atoms with Crippen LogP contribution in [0.1, 0.15) is 47.3 Å². The SMILES string of the molecule is COC1CCCC1Nc1nc2c(cc1C(=O)O)CCC2. The lowest BCUT2D eigenvalue weighted by Gasteiger charge is -2.21. The number of methoxy groups -OCH3 is 1. The van der Waals surface area contributed by atoms with Gasteiger partial charge in [0.2, 0.25) is 0 Å². The first-order chi connectivity index (χ1) is 9.69. The number of aryl methyl sites for hydroxylation is 2. The van der Waals surface area contributed by atoms with Crippen LogP contribution in [0.25, 0.3) is 0 Å². The number of carboxylic acid groups (broad SMARTS) is 1. The summed E-state index contributed by atoms with van der Waals surface area (Å²) in [6.45, 7) is 0. The molecule has 2 atom stereocenters. The molecule has 3 rings (SSSR count). The van der Waals surface area contributed by atoms with Crippen LogP contribution in [0.3, 0.4) is 0 Å². The second kappa shape index (κ2) is 5.40. The molecule has 5 heteroatoms. The summed E-state index contributed by atoms with van der Waals surface area (Å²) in [6.07, 6.45) is 6.21. The van der Waals surface area contributed by atoms with Gasteiger partial charge in [0, 0.05) is 12.8 Å². The van der Waals surface area contributed by atoms with E-state index in [0.29, 0.717) is 5.82 Å². The third-order valence-electron chi connectivity index (χ3n) is 4.36. The summed E-state index contributed by atoms with van der Waals surface area (Å²) in [5, 5.41) is 12.7. The van der Waals surface area contributed by atoms with Crippen LogP contribution in [0.15, 0.2) is 6.07 Å². The molecule has 2 unspecified atom stereocenters. The molecule has 0 saturated heterocycles. The molecule has 1 aromatic rings. The van der Waals surface area contributed by atoms with Gasteiger partial charge in [-0.2, -0.15) is 0 Å². The third-order valence-corrected chi connectivity index (χ3v) is 4.36. The van der Waals surface area contributed by atoms with Gasteiger partial charge in [-0.15, -0.1) is 0 Å². The zero-order valence-electron chi connectivity index (χ0n) is 11.7.